The van der Waals surface area contributed by atoms with Crippen LogP contribution in [0.3, 0.4) is 0 Å². The van der Waals surface area contributed by atoms with Crippen LogP contribution >= 0.6 is 35.1 Å². The van der Waals surface area contributed by atoms with E-state index < -0.39 is 0 Å². The first-order chi connectivity index (χ1) is 9.10. The van der Waals surface area contributed by atoms with Crippen LogP contribution in [0.25, 0.3) is 0 Å². The van der Waals surface area contributed by atoms with Gasteiger partial charge >= 0.3 is 0 Å². The van der Waals surface area contributed by atoms with E-state index >= 15 is 0 Å². The second kappa shape index (κ2) is 9.08. The number of rotatable bonds is 3. The van der Waals surface area contributed by atoms with E-state index in [-0.39, 0.29) is 18.2 Å². The van der Waals surface area contributed by atoms with Gasteiger partial charge in [0.05, 0.1) is 26.6 Å². The number of nitrogens with two attached hydrogens (primary N) is 1. The zero-order chi connectivity index (χ0) is 14.3. The summed E-state index contributed by atoms with van der Waals surface area (Å²) in [4.78, 5) is 7.57. The van der Waals surface area contributed by atoms with Crippen LogP contribution in [0.5, 0.6) is 10.1 Å². The Labute approximate surface area is 129 Å². The Morgan fingerprint density at radius 3 is 2.10 bits per heavy atom. The van der Waals surface area contributed by atoms with Gasteiger partial charge in [-0.3, -0.25) is 5.41 Å². The minimum atomic E-state index is -0.0201. The van der Waals surface area contributed by atoms with E-state index in [0.29, 0.717) is 20.1 Å². The molecule has 0 amide bonds. The van der Waals surface area contributed by atoms with Gasteiger partial charge in [-0.25, -0.2) is 9.97 Å². The summed E-state index contributed by atoms with van der Waals surface area (Å²) in [7, 11) is 3.10. The lowest BCUT2D eigenvalue weighted by Crippen LogP contribution is -2.09. The quantitative estimate of drug-likeness (QED) is 0.654. The Morgan fingerprint density at radius 2 is 1.80 bits per heavy atom. The molecule has 2 rings (SSSR count). The first kappa shape index (κ1) is 18.1. The molecule has 0 saturated heterocycles. The molecule has 0 bridgehead atoms. The summed E-state index contributed by atoms with van der Waals surface area (Å²) in [5, 5.41) is 17.6. The van der Waals surface area contributed by atoms with Crippen LogP contribution in [0.15, 0.2) is 12.4 Å². The standard InChI is InChI=1S/C5H7N3OS.C5H4N2OS.ClH/c1-9-3-2-8-5(10-3)4(6)7;1-8-5-3-7-4(2-6)9-5;/h2H,1H3,(H3,6,7);3H,1H3;1H. The number of ether oxygens (including phenoxy) is 2. The van der Waals surface area contributed by atoms with E-state index in [4.69, 9.17) is 25.9 Å². The predicted molar refractivity (Wildman–Crippen MR) is 80.3 cm³/mol. The maximum absolute atomic E-state index is 8.29. The molecule has 0 aromatic carbocycles. The Hall–Kier alpha value is -1.89. The lowest BCUT2D eigenvalue weighted by molar-refractivity contribution is 0.426. The minimum absolute atomic E-state index is 0. The van der Waals surface area contributed by atoms with Crippen LogP contribution < -0.4 is 15.2 Å². The van der Waals surface area contributed by atoms with Gasteiger partial charge in [0, 0.05) is 0 Å². The van der Waals surface area contributed by atoms with Gasteiger partial charge in [-0.1, -0.05) is 22.7 Å². The fourth-order valence-electron chi connectivity index (χ4n) is 0.884. The summed E-state index contributed by atoms with van der Waals surface area (Å²) in [6, 6.07) is 1.91. The molecule has 2 aromatic rings. The molecule has 0 aliphatic carbocycles. The maximum atomic E-state index is 8.29. The van der Waals surface area contributed by atoms with E-state index in [1.807, 2.05) is 6.07 Å². The van der Waals surface area contributed by atoms with Crippen molar-refractivity contribution in [2.24, 2.45) is 5.73 Å². The van der Waals surface area contributed by atoms with E-state index in [1.54, 1.807) is 20.4 Å². The summed E-state index contributed by atoms with van der Waals surface area (Å²) >= 11 is 2.50. The fraction of sp³-hybridized carbons (Fsp3) is 0.200. The molecule has 0 atom stereocenters. The lowest BCUT2D eigenvalue weighted by atomic mass is 10.6. The van der Waals surface area contributed by atoms with Crippen molar-refractivity contribution in [1.29, 1.82) is 10.7 Å². The minimum Gasteiger partial charge on any atom is -0.486 e. The number of methoxy groups -OCH3 is 2. The number of halogens is 1. The molecule has 0 saturated carbocycles. The van der Waals surface area contributed by atoms with E-state index in [1.165, 1.54) is 28.9 Å². The van der Waals surface area contributed by atoms with Crippen molar-refractivity contribution in [2.45, 2.75) is 0 Å². The van der Waals surface area contributed by atoms with Gasteiger partial charge in [0.15, 0.2) is 26.0 Å². The Kier molecular flexibility index (Phi) is 8.23. The molecule has 2 heterocycles. The first-order valence-corrected chi connectivity index (χ1v) is 6.48. The van der Waals surface area contributed by atoms with Crippen molar-refractivity contribution in [3.63, 3.8) is 0 Å². The Bertz CT molecular complexity index is 592. The number of nitrogens with one attached hydrogen (secondary N) is 1. The second-order valence-corrected chi connectivity index (χ2v) is 4.89. The van der Waals surface area contributed by atoms with Crippen LogP contribution in [0, 0.1) is 16.7 Å². The fourth-order valence-corrected chi connectivity index (χ4v) is 2.01. The van der Waals surface area contributed by atoms with Gasteiger partial charge in [0.2, 0.25) is 0 Å². The van der Waals surface area contributed by atoms with Gasteiger partial charge < -0.3 is 15.2 Å². The van der Waals surface area contributed by atoms with Crippen molar-refractivity contribution in [2.75, 3.05) is 14.2 Å². The number of thiazole rings is 2. The van der Waals surface area contributed by atoms with Crippen LogP contribution in [-0.2, 0) is 0 Å². The first-order valence-electron chi connectivity index (χ1n) is 4.84. The Balaban J connectivity index is 0.000000345. The number of hydrogen-bond acceptors (Lipinski definition) is 8. The van der Waals surface area contributed by atoms with Gasteiger partial charge in [0.25, 0.3) is 0 Å². The summed E-state index contributed by atoms with van der Waals surface area (Å²) < 4.78 is 9.65. The predicted octanol–water partition coefficient (Wildman–Crippen LogP) is 1.88. The molecule has 0 spiro atoms. The maximum Gasteiger partial charge on any atom is 0.197 e. The molecule has 0 fully saturated rings. The normalized spacial score (nSPS) is 8.45. The van der Waals surface area contributed by atoms with Gasteiger partial charge in [0.1, 0.15) is 6.07 Å². The number of amidine groups is 1. The average molecular weight is 334 g/mol. The molecule has 20 heavy (non-hydrogen) atoms. The smallest absolute Gasteiger partial charge is 0.197 e. The zero-order valence-corrected chi connectivity index (χ0v) is 13.1. The second-order valence-electron chi connectivity index (χ2n) is 2.90. The molecule has 10 heteroatoms. The van der Waals surface area contributed by atoms with Crippen molar-refractivity contribution < 1.29 is 9.47 Å². The monoisotopic (exact) mass is 333 g/mol. The van der Waals surface area contributed by atoms with Crippen molar-refractivity contribution >= 4 is 40.9 Å². The third kappa shape index (κ3) is 5.40. The number of aromatic nitrogens is 2. The summed E-state index contributed by atoms with van der Waals surface area (Å²) in [6.45, 7) is 0. The van der Waals surface area contributed by atoms with Crippen molar-refractivity contribution in [3.05, 3.63) is 22.4 Å². The topological polar surface area (TPSA) is 118 Å². The summed E-state index contributed by atoms with van der Waals surface area (Å²) in [5.74, 6) is -0.0201. The highest BCUT2D eigenvalue weighted by molar-refractivity contribution is 7.15. The van der Waals surface area contributed by atoms with E-state index in [2.05, 4.69) is 9.97 Å². The highest BCUT2D eigenvalue weighted by atomic mass is 35.5. The van der Waals surface area contributed by atoms with Crippen LogP contribution in [-0.4, -0.2) is 30.0 Å². The zero-order valence-electron chi connectivity index (χ0n) is 10.6. The molecule has 0 unspecified atom stereocenters. The molecular weight excluding hydrogens is 322 g/mol. The largest absolute Gasteiger partial charge is 0.486 e. The highest BCUT2D eigenvalue weighted by Crippen LogP contribution is 2.20. The molecular formula is C10H12ClN5O2S2. The average Bonchev–Trinajstić information content (AvgIpc) is 3.08. The molecule has 0 aliphatic rings. The summed E-state index contributed by atoms with van der Waals surface area (Å²) in [6.07, 6.45) is 3.07. The van der Waals surface area contributed by atoms with Gasteiger partial charge in [-0.05, 0) is 0 Å². The lowest BCUT2D eigenvalue weighted by Gasteiger charge is -1.87. The number of hydrogen-bond donors (Lipinski definition) is 2. The summed E-state index contributed by atoms with van der Waals surface area (Å²) in [5.41, 5.74) is 5.16. The Morgan fingerprint density at radius 1 is 1.25 bits per heavy atom. The van der Waals surface area contributed by atoms with Gasteiger partial charge in [-0.15, -0.1) is 12.4 Å². The molecule has 0 aliphatic heterocycles. The van der Waals surface area contributed by atoms with Crippen LogP contribution in [0.1, 0.15) is 10.0 Å². The van der Waals surface area contributed by atoms with Crippen LogP contribution in [0.2, 0.25) is 0 Å². The third-order valence-corrected chi connectivity index (χ3v) is 3.55. The van der Waals surface area contributed by atoms with E-state index in [9.17, 15) is 0 Å². The van der Waals surface area contributed by atoms with Gasteiger partial charge in [-0.2, -0.15) is 5.26 Å². The molecule has 7 nitrogen and oxygen atoms in total. The van der Waals surface area contributed by atoms with Crippen molar-refractivity contribution in [1.82, 2.24) is 9.97 Å². The molecule has 2 aromatic heterocycles. The molecule has 3 N–H and O–H groups in total. The number of nitrogens with zero attached hydrogens (tertiary/aromatic N) is 3. The third-order valence-electron chi connectivity index (χ3n) is 1.70. The highest BCUT2D eigenvalue weighted by Gasteiger charge is 2.02. The number of nitriles is 1. The SMILES string of the molecule is COc1cnc(C#N)s1.COc1cnc(C(=N)N)s1.Cl. The van der Waals surface area contributed by atoms with Crippen molar-refractivity contribution in [3.8, 4) is 16.2 Å². The molecule has 108 valence electrons. The molecule has 0 radical (unpaired) electrons. The number of nitrogen functional groups attached to an aromatic ring is 1. The van der Waals surface area contributed by atoms with Crippen LogP contribution in [0.4, 0.5) is 0 Å². The van der Waals surface area contributed by atoms with E-state index in [0.717, 1.165) is 0 Å².